The Kier molecular flexibility index (Phi) is 5.87. The quantitative estimate of drug-likeness (QED) is 0.785. The van der Waals surface area contributed by atoms with Gasteiger partial charge in [0.2, 0.25) is 10.0 Å². The van der Waals surface area contributed by atoms with Crippen LogP contribution in [-0.4, -0.2) is 43.6 Å². The van der Waals surface area contributed by atoms with Gasteiger partial charge in [-0.25, -0.2) is 12.7 Å². The maximum absolute atomic E-state index is 12.0. The van der Waals surface area contributed by atoms with Crippen molar-refractivity contribution in [3.63, 3.8) is 0 Å². The number of piperidine rings is 1. The molecule has 0 radical (unpaired) electrons. The van der Waals surface area contributed by atoms with Crippen LogP contribution in [0.5, 0.6) is 0 Å². The Hall–Kier alpha value is -0.130. The molecular formula is C15H30N2O2S. The number of sulfonamides is 1. The molecule has 1 heterocycles. The van der Waals surface area contributed by atoms with E-state index in [0.29, 0.717) is 37.3 Å². The zero-order chi connectivity index (χ0) is 14.6. The highest BCUT2D eigenvalue weighted by molar-refractivity contribution is 7.89. The molecule has 2 fully saturated rings. The molecule has 2 rings (SSSR count). The van der Waals surface area contributed by atoms with Crippen molar-refractivity contribution in [3.8, 4) is 0 Å². The van der Waals surface area contributed by atoms with E-state index >= 15 is 0 Å². The lowest BCUT2D eigenvalue weighted by Gasteiger charge is -2.35. The Balaban J connectivity index is 1.70. The molecule has 1 aliphatic carbocycles. The van der Waals surface area contributed by atoms with Gasteiger partial charge in [-0.15, -0.1) is 0 Å². The number of nitrogens with one attached hydrogen (secondary N) is 1. The van der Waals surface area contributed by atoms with Crippen LogP contribution in [0, 0.1) is 5.92 Å². The summed E-state index contributed by atoms with van der Waals surface area (Å²) in [6.45, 7) is 5.58. The predicted octanol–water partition coefficient (Wildman–Crippen LogP) is 2.36. The summed E-state index contributed by atoms with van der Waals surface area (Å²) in [7, 11) is -2.99. The first kappa shape index (κ1) is 16.2. The highest BCUT2D eigenvalue weighted by atomic mass is 32.2. The summed E-state index contributed by atoms with van der Waals surface area (Å²) < 4.78 is 25.7. The lowest BCUT2D eigenvalue weighted by Crippen LogP contribution is -2.48. The van der Waals surface area contributed by atoms with Gasteiger partial charge in [-0.2, -0.15) is 0 Å². The molecule has 118 valence electrons. The van der Waals surface area contributed by atoms with Crippen molar-refractivity contribution in [2.24, 2.45) is 5.92 Å². The second kappa shape index (κ2) is 7.23. The summed E-state index contributed by atoms with van der Waals surface area (Å²) in [6.07, 6.45) is 8.12. The molecule has 1 unspecified atom stereocenters. The second-order valence-corrected chi connectivity index (χ2v) is 8.68. The van der Waals surface area contributed by atoms with Gasteiger partial charge in [-0.3, -0.25) is 0 Å². The third-order valence-corrected chi connectivity index (χ3v) is 6.82. The van der Waals surface area contributed by atoms with E-state index in [1.54, 1.807) is 4.31 Å². The molecule has 1 atom stereocenters. The first-order valence-electron chi connectivity index (χ1n) is 8.25. The van der Waals surface area contributed by atoms with Crippen LogP contribution in [-0.2, 0) is 10.0 Å². The molecule has 20 heavy (non-hydrogen) atoms. The molecule has 1 N–H and O–H groups in total. The molecule has 0 amide bonds. The third-order valence-electron chi connectivity index (χ3n) is 4.74. The van der Waals surface area contributed by atoms with Crippen molar-refractivity contribution in [2.75, 3.05) is 18.8 Å². The summed E-state index contributed by atoms with van der Waals surface area (Å²) in [5.41, 5.74) is 0. The molecule has 0 bridgehead atoms. The molecule has 0 aromatic heterocycles. The molecular weight excluding hydrogens is 272 g/mol. The van der Waals surface area contributed by atoms with Crippen LogP contribution in [0.4, 0.5) is 0 Å². The molecule has 1 saturated heterocycles. The zero-order valence-electron chi connectivity index (χ0n) is 13.0. The first-order chi connectivity index (χ1) is 9.51. The van der Waals surface area contributed by atoms with Gasteiger partial charge in [0.25, 0.3) is 0 Å². The van der Waals surface area contributed by atoms with Gasteiger partial charge in [0.05, 0.1) is 5.75 Å². The Labute approximate surface area is 124 Å². The van der Waals surface area contributed by atoms with E-state index in [-0.39, 0.29) is 0 Å². The van der Waals surface area contributed by atoms with Crippen LogP contribution in [0.1, 0.15) is 58.8 Å². The normalized spacial score (nSPS) is 24.5. The van der Waals surface area contributed by atoms with E-state index in [1.807, 2.05) is 6.92 Å². The van der Waals surface area contributed by atoms with E-state index in [4.69, 9.17) is 0 Å². The molecule has 2 aliphatic rings. The lowest BCUT2D eigenvalue weighted by atomic mass is 9.81. The minimum atomic E-state index is -2.99. The molecule has 0 aromatic carbocycles. The van der Waals surface area contributed by atoms with Crippen molar-refractivity contribution >= 4 is 10.0 Å². The van der Waals surface area contributed by atoms with Crippen molar-refractivity contribution in [2.45, 2.75) is 70.9 Å². The predicted molar refractivity (Wildman–Crippen MR) is 83.2 cm³/mol. The monoisotopic (exact) mass is 302 g/mol. The largest absolute Gasteiger partial charge is 0.311 e. The summed E-state index contributed by atoms with van der Waals surface area (Å²) in [4.78, 5) is 0. The van der Waals surface area contributed by atoms with E-state index in [0.717, 1.165) is 18.8 Å². The molecule has 5 heteroatoms. The fourth-order valence-electron chi connectivity index (χ4n) is 3.39. The van der Waals surface area contributed by atoms with Crippen molar-refractivity contribution in [1.82, 2.24) is 9.62 Å². The number of nitrogens with zero attached hydrogens (tertiary/aromatic N) is 1. The summed E-state index contributed by atoms with van der Waals surface area (Å²) >= 11 is 0. The van der Waals surface area contributed by atoms with Crippen LogP contribution in [0.3, 0.4) is 0 Å². The lowest BCUT2D eigenvalue weighted by molar-refractivity contribution is 0.232. The Bertz CT molecular complexity index is 385. The molecule has 0 aromatic rings. The average Bonchev–Trinajstić information content (AvgIpc) is 2.34. The molecule has 0 spiro atoms. The van der Waals surface area contributed by atoms with E-state index in [9.17, 15) is 8.42 Å². The van der Waals surface area contributed by atoms with Crippen LogP contribution in [0.2, 0.25) is 0 Å². The first-order valence-corrected chi connectivity index (χ1v) is 9.86. The minimum Gasteiger partial charge on any atom is -0.311 e. The van der Waals surface area contributed by atoms with Gasteiger partial charge < -0.3 is 5.32 Å². The van der Waals surface area contributed by atoms with Gasteiger partial charge in [-0.05, 0) is 38.5 Å². The molecule has 4 nitrogen and oxygen atoms in total. The highest BCUT2D eigenvalue weighted by Gasteiger charge is 2.28. The Morgan fingerprint density at radius 3 is 2.35 bits per heavy atom. The van der Waals surface area contributed by atoms with Crippen LogP contribution < -0.4 is 5.32 Å². The fourth-order valence-corrected chi connectivity index (χ4v) is 4.93. The maximum atomic E-state index is 12.0. The van der Waals surface area contributed by atoms with Crippen molar-refractivity contribution in [3.05, 3.63) is 0 Å². The fraction of sp³-hybridized carbons (Fsp3) is 1.00. The van der Waals surface area contributed by atoms with Gasteiger partial charge in [-0.1, -0.05) is 26.2 Å². The van der Waals surface area contributed by atoms with Gasteiger partial charge in [0.15, 0.2) is 0 Å². The Morgan fingerprint density at radius 2 is 1.85 bits per heavy atom. The average molecular weight is 302 g/mol. The van der Waals surface area contributed by atoms with Crippen molar-refractivity contribution < 1.29 is 8.42 Å². The molecule has 1 saturated carbocycles. The van der Waals surface area contributed by atoms with Gasteiger partial charge in [0, 0.05) is 25.2 Å². The van der Waals surface area contributed by atoms with E-state index < -0.39 is 10.0 Å². The molecule has 1 aliphatic heterocycles. The van der Waals surface area contributed by atoms with Crippen LogP contribution in [0.25, 0.3) is 0 Å². The second-order valence-electron chi connectivity index (χ2n) is 6.59. The third kappa shape index (κ3) is 4.43. The van der Waals surface area contributed by atoms with Crippen LogP contribution >= 0.6 is 0 Å². The van der Waals surface area contributed by atoms with Crippen LogP contribution in [0.15, 0.2) is 0 Å². The number of hydrogen-bond acceptors (Lipinski definition) is 3. The minimum absolute atomic E-state index is 0.295. The van der Waals surface area contributed by atoms with E-state index in [2.05, 4.69) is 12.2 Å². The highest BCUT2D eigenvalue weighted by Crippen LogP contribution is 2.30. The van der Waals surface area contributed by atoms with Gasteiger partial charge >= 0.3 is 0 Å². The van der Waals surface area contributed by atoms with E-state index in [1.165, 1.54) is 25.7 Å². The summed E-state index contributed by atoms with van der Waals surface area (Å²) in [6, 6.07) is 1.07. The topological polar surface area (TPSA) is 49.4 Å². The zero-order valence-corrected chi connectivity index (χ0v) is 13.8. The van der Waals surface area contributed by atoms with Crippen molar-refractivity contribution in [1.29, 1.82) is 0 Å². The Morgan fingerprint density at radius 1 is 1.20 bits per heavy atom. The maximum Gasteiger partial charge on any atom is 0.214 e. The number of rotatable bonds is 7. The standard InChI is InChI=1S/C15H30N2O2S/c1-3-11-20(18,19)17-9-7-15(8-10-17)16-13(2)12-14-5-4-6-14/h13-16H,3-12H2,1-2H3. The smallest absolute Gasteiger partial charge is 0.214 e. The number of hydrogen-bond donors (Lipinski definition) is 1. The SMILES string of the molecule is CCCS(=O)(=O)N1CCC(NC(C)CC2CCC2)CC1. The summed E-state index contributed by atoms with van der Waals surface area (Å²) in [5.74, 6) is 1.23. The summed E-state index contributed by atoms with van der Waals surface area (Å²) in [5, 5.41) is 3.70. The van der Waals surface area contributed by atoms with Gasteiger partial charge in [0.1, 0.15) is 0 Å².